The standard InChI is InChI=1S/C75H138N2O21/c1-4-6-8-10-12-14-16-18-20-22-24-25-26-27-28-29-30-31-33-35-37-39-41-43-45-47-49-62(85)77-56(57(82)48-46-44-42-40-38-36-34-32-23-21-19-17-15-13-11-9-7-5-2)54-93-72-67(89)66(88)69(61(53-80)95-72)96-73-68(90)71(65(87)60(52-79)94-73)98-75(74(91)92)50-58(83)63(76-55(3)81)70(97-75)64(86)59(84)51-78/h27-28,46,48,56-61,63-73,78-80,82-84,86-90H,4-26,29-45,47,49-54H2,1-3H3,(H,76,81)(H,77,85)(H,91,92)/b28-27-,48-46+. The van der Waals surface area contributed by atoms with E-state index >= 15 is 0 Å². The van der Waals surface area contributed by atoms with Gasteiger partial charge in [-0.05, 0) is 44.9 Å². The second-order valence-corrected chi connectivity index (χ2v) is 28.2. The third kappa shape index (κ3) is 35.6. The number of rotatable bonds is 60. The summed E-state index contributed by atoms with van der Waals surface area (Å²) in [6.07, 6.45) is 29.3. The first-order valence-corrected chi connectivity index (χ1v) is 38.7. The summed E-state index contributed by atoms with van der Waals surface area (Å²) in [4.78, 5) is 38.6. The van der Waals surface area contributed by atoms with Crippen LogP contribution in [0, 0.1) is 0 Å². The Bertz CT molecular complexity index is 2060. The summed E-state index contributed by atoms with van der Waals surface area (Å²) < 4.78 is 34.9. The monoisotopic (exact) mass is 1400 g/mol. The molecule has 3 fully saturated rings. The number of carboxylic acids is 1. The van der Waals surface area contributed by atoms with E-state index in [1.165, 1.54) is 199 Å². The van der Waals surface area contributed by atoms with Crippen LogP contribution in [0.1, 0.15) is 297 Å². The van der Waals surface area contributed by atoms with E-state index in [0.717, 1.165) is 58.3 Å². The Labute approximate surface area is 587 Å². The number of carbonyl (C=O) groups is 3. The van der Waals surface area contributed by atoms with Crippen molar-refractivity contribution in [3.8, 4) is 0 Å². The van der Waals surface area contributed by atoms with Gasteiger partial charge in [-0.3, -0.25) is 9.59 Å². The van der Waals surface area contributed by atoms with Crippen LogP contribution in [0.4, 0.5) is 0 Å². The number of carbonyl (C=O) groups excluding carboxylic acids is 2. The zero-order valence-electron chi connectivity index (χ0n) is 60.4. The molecule has 23 heteroatoms. The minimum Gasteiger partial charge on any atom is -0.477 e. The fourth-order valence-corrected chi connectivity index (χ4v) is 13.5. The highest BCUT2D eigenvalue weighted by molar-refractivity contribution is 5.77. The van der Waals surface area contributed by atoms with Crippen molar-refractivity contribution >= 4 is 17.8 Å². The van der Waals surface area contributed by atoms with Crippen LogP contribution in [-0.4, -0.2) is 215 Å². The van der Waals surface area contributed by atoms with E-state index in [9.17, 15) is 75.7 Å². The molecular weight excluding hydrogens is 1260 g/mol. The van der Waals surface area contributed by atoms with Crippen molar-refractivity contribution in [2.45, 2.75) is 407 Å². The summed E-state index contributed by atoms with van der Waals surface area (Å²) in [5, 5.41) is 136. The maximum Gasteiger partial charge on any atom is 0.364 e. The highest BCUT2D eigenvalue weighted by atomic mass is 16.8. The molecule has 18 atom stereocenters. The fourth-order valence-electron chi connectivity index (χ4n) is 13.5. The van der Waals surface area contributed by atoms with E-state index in [0.29, 0.717) is 12.8 Å². The van der Waals surface area contributed by atoms with E-state index in [2.05, 4.69) is 36.6 Å². The van der Waals surface area contributed by atoms with Crippen molar-refractivity contribution in [3.63, 3.8) is 0 Å². The van der Waals surface area contributed by atoms with Crippen LogP contribution >= 0.6 is 0 Å². The van der Waals surface area contributed by atoms with Crippen LogP contribution < -0.4 is 10.6 Å². The number of aliphatic hydroxyl groups is 11. The van der Waals surface area contributed by atoms with Gasteiger partial charge in [-0.25, -0.2) is 4.79 Å². The highest BCUT2D eigenvalue weighted by Crippen LogP contribution is 2.39. The van der Waals surface area contributed by atoms with Gasteiger partial charge in [0.15, 0.2) is 12.6 Å². The zero-order valence-corrected chi connectivity index (χ0v) is 60.4. The molecule has 3 aliphatic heterocycles. The van der Waals surface area contributed by atoms with Crippen LogP contribution in [0.15, 0.2) is 24.3 Å². The van der Waals surface area contributed by atoms with Gasteiger partial charge in [0.1, 0.15) is 67.1 Å². The van der Waals surface area contributed by atoms with E-state index in [-0.39, 0.29) is 12.3 Å². The molecule has 2 amide bonds. The lowest BCUT2D eigenvalue weighted by atomic mass is 9.88. The summed E-state index contributed by atoms with van der Waals surface area (Å²) in [5.41, 5.74) is 0. The van der Waals surface area contributed by atoms with Gasteiger partial charge in [0, 0.05) is 19.8 Å². The lowest BCUT2D eigenvalue weighted by Gasteiger charge is -2.50. The number of allylic oxidation sites excluding steroid dienone is 3. The SMILES string of the molecule is CCCCCCCCCCCCCC/C=C\CCCCCCCCCCCCC(=O)NC(COC1OC(CO)C(OC2OC(CO)C(O)C(OC3(C(=O)O)CC(O)C(NC(C)=O)C(C(O)C(O)CO)O3)C2O)C(O)C1O)C(O)/C=C/CCCCCCCCCCCCCCCCCC. The second kappa shape index (κ2) is 54.8. The Morgan fingerprint density at radius 2 is 0.959 bits per heavy atom. The van der Waals surface area contributed by atoms with Gasteiger partial charge in [0.25, 0.3) is 5.79 Å². The molecule has 14 N–H and O–H groups in total. The second-order valence-electron chi connectivity index (χ2n) is 28.2. The number of hydrogen-bond acceptors (Lipinski definition) is 20. The average Bonchev–Trinajstić information content (AvgIpc) is 0.755. The van der Waals surface area contributed by atoms with Gasteiger partial charge in [-0.1, -0.05) is 256 Å². The Kier molecular flexibility index (Phi) is 50.0. The Hall–Kier alpha value is -2.79. The zero-order chi connectivity index (χ0) is 71.8. The number of amides is 2. The first-order valence-electron chi connectivity index (χ1n) is 38.7. The van der Waals surface area contributed by atoms with Gasteiger partial charge < -0.3 is 100 Å². The molecule has 0 aromatic rings. The number of ether oxygens (including phenoxy) is 6. The number of nitrogens with one attached hydrogen (secondary N) is 2. The fraction of sp³-hybridized carbons (Fsp3) is 0.907. The van der Waals surface area contributed by atoms with E-state index in [4.69, 9.17) is 28.4 Å². The lowest BCUT2D eigenvalue weighted by Crippen LogP contribution is -2.70. The van der Waals surface area contributed by atoms with Crippen LogP contribution in [0.3, 0.4) is 0 Å². The first kappa shape index (κ1) is 89.4. The van der Waals surface area contributed by atoms with Crippen molar-refractivity contribution < 1.29 is 104 Å². The molecule has 0 saturated carbocycles. The molecule has 3 saturated heterocycles. The van der Waals surface area contributed by atoms with E-state index in [1.807, 2.05) is 6.08 Å². The molecule has 574 valence electrons. The Morgan fingerprint density at radius 3 is 1.39 bits per heavy atom. The molecule has 0 spiro atoms. The van der Waals surface area contributed by atoms with Crippen molar-refractivity contribution in [3.05, 3.63) is 24.3 Å². The largest absolute Gasteiger partial charge is 0.477 e. The first-order chi connectivity index (χ1) is 47.4. The Morgan fingerprint density at radius 1 is 0.531 bits per heavy atom. The van der Waals surface area contributed by atoms with Gasteiger partial charge in [-0.2, -0.15) is 0 Å². The molecule has 18 unspecified atom stereocenters. The van der Waals surface area contributed by atoms with Crippen molar-refractivity contribution in [2.24, 2.45) is 0 Å². The predicted octanol–water partition coefficient (Wildman–Crippen LogP) is 9.18. The number of hydrogen-bond donors (Lipinski definition) is 14. The molecule has 3 aliphatic rings. The maximum atomic E-state index is 13.5. The summed E-state index contributed by atoms with van der Waals surface area (Å²) in [6, 6.07) is -2.62. The third-order valence-corrected chi connectivity index (χ3v) is 19.6. The average molecular weight is 1400 g/mol. The minimum absolute atomic E-state index is 0.200. The Balaban J connectivity index is 1.54. The van der Waals surface area contributed by atoms with Crippen molar-refractivity contribution in [1.29, 1.82) is 0 Å². The number of aliphatic hydroxyl groups excluding tert-OH is 11. The quantitative estimate of drug-likeness (QED) is 0.0199. The molecule has 0 aromatic carbocycles. The molecule has 98 heavy (non-hydrogen) atoms. The van der Waals surface area contributed by atoms with E-state index < -0.39 is 155 Å². The summed E-state index contributed by atoms with van der Waals surface area (Å²) in [7, 11) is 0. The summed E-state index contributed by atoms with van der Waals surface area (Å²) >= 11 is 0. The third-order valence-electron chi connectivity index (χ3n) is 19.6. The molecule has 0 radical (unpaired) electrons. The summed E-state index contributed by atoms with van der Waals surface area (Å²) in [6.45, 7) is 2.17. The summed E-state index contributed by atoms with van der Waals surface area (Å²) in [5.74, 6) is -6.14. The van der Waals surface area contributed by atoms with Crippen LogP contribution in [0.2, 0.25) is 0 Å². The predicted molar refractivity (Wildman–Crippen MR) is 375 cm³/mol. The van der Waals surface area contributed by atoms with Crippen molar-refractivity contribution in [1.82, 2.24) is 10.6 Å². The number of unbranched alkanes of at least 4 members (excludes halogenated alkanes) is 38. The lowest BCUT2D eigenvalue weighted by molar-refractivity contribution is -0.386. The van der Waals surface area contributed by atoms with E-state index in [1.54, 1.807) is 6.08 Å². The van der Waals surface area contributed by atoms with Gasteiger partial charge in [0.2, 0.25) is 11.8 Å². The molecule has 0 aliphatic carbocycles. The van der Waals surface area contributed by atoms with Gasteiger partial charge >= 0.3 is 5.97 Å². The van der Waals surface area contributed by atoms with Crippen LogP contribution in [0.5, 0.6) is 0 Å². The topological polar surface area (TPSA) is 373 Å². The van der Waals surface area contributed by atoms with Crippen molar-refractivity contribution in [2.75, 3.05) is 26.4 Å². The maximum absolute atomic E-state index is 13.5. The normalized spacial score (nSPS) is 27.3. The highest BCUT2D eigenvalue weighted by Gasteiger charge is 2.60. The van der Waals surface area contributed by atoms with Crippen LogP contribution in [0.25, 0.3) is 0 Å². The van der Waals surface area contributed by atoms with Gasteiger partial charge in [0.05, 0.1) is 50.7 Å². The van der Waals surface area contributed by atoms with Gasteiger partial charge in [-0.15, -0.1) is 0 Å². The molecule has 0 bridgehead atoms. The number of carboxylic acid groups (broad SMARTS) is 1. The molecule has 0 aromatic heterocycles. The molecule has 3 heterocycles. The minimum atomic E-state index is -3.08. The number of aliphatic carboxylic acids is 1. The smallest absolute Gasteiger partial charge is 0.364 e. The molecule has 23 nitrogen and oxygen atoms in total. The molecular formula is C75H138N2O21. The molecule has 3 rings (SSSR count). The van der Waals surface area contributed by atoms with Crippen LogP contribution in [-0.2, 0) is 42.8 Å².